The molecule has 1 saturated carbocycles. The fraction of sp³-hybridized carbons (Fsp3) is 0.938. The van der Waals surface area contributed by atoms with E-state index >= 15 is 0 Å². The molecule has 1 N–H and O–H groups in total. The van der Waals surface area contributed by atoms with Crippen LogP contribution < -0.4 is 5.32 Å². The highest BCUT2D eigenvalue weighted by molar-refractivity contribution is 5.88. The molecule has 4 nitrogen and oxygen atoms in total. The molecule has 0 aromatic carbocycles. The van der Waals surface area contributed by atoms with Gasteiger partial charge < -0.3 is 9.80 Å². The van der Waals surface area contributed by atoms with Gasteiger partial charge in [0, 0.05) is 13.1 Å². The molecule has 1 aliphatic heterocycles. The number of nitrogens with zero attached hydrogens (tertiary/aromatic N) is 2. The van der Waals surface area contributed by atoms with E-state index in [4.69, 9.17) is 0 Å². The highest BCUT2D eigenvalue weighted by atomic mass is 16.2. The molecule has 20 heavy (non-hydrogen) atoms. The van der Waals surface area contributed by atoms with Crippen LogP contribution in [0, 0.1) is 5.92 Å². The fourth-order valence-corrected chi connectivity index (χ4v) is 3.49. The van der Waals surface area contributed by atoms with Crippen molar-refractivity contribution in [2.24, 2.45) is 5.92 Å². The lowest BCUT2D eigenvalue weighted by Gasteiger charge is -2.30. The van der Waals surface area contributed by atoms with Crippen molar-refractivity contribution < 1.29 is 4.79 Å². The van der Waals surface area contributed by atoms with Gasteiger partial charge in [-0.2, -0.15) is 0 Å². The minimum absolute atomic E-state index is 0.264. The molecule has 0 aromatic heterocycles. The molecule has 2 atom stereocenters. The number of hydrogen-bond acceptors (Lipinski definition) is 3. The van der Waals surface area contributed by atoms with Crippen LogP contribution in [0.4, 0.5) is 0 Å². The molecule has 2 rings (SSSR count). The van der Waals surface area contributed by atoms with E-state index < -0.39 is 0 Å². The zero-order chi connectivity index (χ0) is 14.8. The van der Waals surface area contributed by atoms with Crippen LogP contribution in [0.5, 0.6) is 0 Å². The molecule has 0 bridgehead atoms. The average molecular weight is 281 g/mol. The standard InChI is InChI=1S/C16H31N3O/c1-5-16(3)15(20)19(12-11-18(4)6-2)14(17-16)13-9-7-8-10-13/h13-14,17H,5-12H2,1-4H3. The number of hydrogen-bond donors (Lipinski definition) is 1. The predicted octanol–water partition coefficient (Wildman–Crippen LogP) is 2.05. The van der Waals surface area contributed by atoms with Crippen LogP contribution in [0.3, 0.4) is 0 Å². The topological polar surface area (TPSA) is 35.6 Å². The summed E-state index contributed by atoms with van der Waals surface area (Å²) in [4.78, 5) is 17.2. The van der Waals surface area contributed by atoms with Gasteiger partial charge in [-0.05, 0) is 45.7 Å². The lowest BCUT2D eigenvalue weighted by Crippen LogP contribution is -2.46. The van der Waals surface area contributed by atoms with Gasteiger partial charge in [0.15, 0.2) is 0 Å². The minimum Gasteiger partial charge on any atom is -0.324 e. The normalized spacial score (nSPS) is 31.8. The molecule has 2 fully saturated rings. The quantitative estimate of drug-likeness (QED) is 0.809. The molecular formula is C16H31N3O. The first-order valence-electron chi connectivity index (χ1n) is 8.29. The van der Waals surface area contributed by atoms with E-state index in [2.05, 4.69) is 42.9 Å². The van der Waals surface area contributed by atoms with Crippen LogP contribution in [0.2, 0.25) is 0 Å². The summed E-state index contributed by atoms with van der Waals surface area (Å²) in [6, 6.07) is 0. The van der Waals surface area contributed by atoms with Crippen LogP contribution in [0.15, 0.2) is 0 Å². The average Bonchev–Trinajstić information content (AvgIpc) is 3.06. The molecule has 1 heterocycles. The van der Waals surface area contributed by atoms with Crippen LogP contribution in [-0.4, -0.2) is 54.1 Å². The number of nitrogens with one attached hydrogen (secondary N) is 1. The highest BCUT2D eigenvalue weighted by Crippen LogP contribution is 2.35. The summed E-state index contributed by atoms with van der Waals surface area (Å²) >= 11 is 0. The minimum atomic E-state index is -0.349. The van der Waals surface area contributed by atoms with Gasteiger partial charge in [0.05, 0.1) is 11.7 Å². The van der Waals surface area contributed by atoms with Crippen LogP contribution in [-0.2, 0) is 4.79 Å². The summed E-state index contributed by atoms with van der Waals surface area (Å²) in [5, 5.41) is 3.66. The van der Waals surface area contributed by atoms with Crippen molar-refractivity contribution in [2.45, 2.75) is 64.6 Å². The van der Waals surface area contributed by atoms with Gasteiger partial charge in [-0.3, -0.25) is 10.1 Å². The summed E-state index contributed by atoms with van der Waals surface area (Å²) in [6.07, 6.45) is 6.32. The van der Waals surface area contributed by atoms with Gasteiger partial charge in [-0.25, -0.2) is 0 Å². The monoisotopic (exact) mass is 281 g/mol. The van der Waals surface area contributed by atoms with Crippen molar-refractivity contribution in [3.8, 4) is 0 Å². The van der Waals surface area contributed by atoms with Crippen molar-refractivity contribution in [3.63, 3.8) is 0 Å². The van der Waals surface area contributed by atoms with Gasteiger partial charge in [0.2, 0.25) is 5.91 Å². The second-order valence-electron chi connectivity index (χ2n) is 6.71. The molecule has 2 unspecified atom stereocenters. The molecule has 0 radical (unpaired) electrons. The third kappa shape index (κ3) is 3.01. The van der Waals surface area contributed by atoms with Crippen LogP contribution in [0.1, 0.15) is 52.9 Å². The number of carbonyl (C=O) groups is 1. The summed E-state index contributed by atoms with van der Waals surface area (Å²) in [6.45, 7) is 9.20. The van der Waals surface area contributed by atoms with Crippen molar-refractivity contribution in [2.75, 3.05) is 26.7 Å². The number of likely N-dealkylation sites (N-methyl/N-ethyl adjacent to an activating group) is 1. The fourth-order valence-electron chi connectivity index (χ4n) is 3.49. The lowest BCUT2D eigenvalue weighted by atomic mass is 9.99. The first kappa shape index (κ1) is 15.8. The van der Waals surface area contributed by atoms with Gasteiger partial charge in [-0.1, -0.05) is 26.7 Å². The Balaban J connectivity index is 2.08. The molecular weight excluding hydrogens is 250 g/mol. The Hall–Kier alpha value is -0.610. The number of carbonyl (C=O) groups excluding carboxylic acids is 1. The summed E-state index contributed by atoms with van der Waals surface area (Å²) in [5.74, 6) is 0.959. The number of rotatable bonds is 6. The van der Waals surface area contributed by atoms with Crippen molar-refractivity contribution >= 4 is 5.91 Å². The Bertz CT molecular complexity index is 341. The Labute approximate surface area is 123 Å². The smallest absolute Gasteiger partial charge is 0.243 e. The maximum absolute atomic E-state index is 12.8. The maximum atomic E-state index is 12.8. The Kier molecular flexibility index (Phi) is 5.08. The van der Waals surface area contributed by atoms with E-state index in [0.29, 0.717) is 11.8 Å². The Morgan fingerprint density at radius 3 is 2.55 bits per heavy atom. The van der Waals surface area contributed by atoms with E-state index in [0.717, 1.165) is 26.1 Å². The molecule has 1 saturated heterocycles. The SMILES string of the molecule is CCN(C)CCN1C(=O)C(C)(CC)NC1C1CCCC1. The largest absolute Gasteiger partial charge is 0.324 e. The van der Waals surface area contributed by atoms with Gasteiger partial charge in [0.1, 0.15) is 0 Å². The lowest BCUT2D eigenvalue weighted by molar-refractivity contribution is -0.133. The van der Waals surface area contributed by atoms with Crippen LogP contribution in [0.25, 0.3) is 0 Å². The van der Waals surface area contributed by atoms with E-state index in [1.54, 1.807) is 0 Å². The molecule has 0 aromatic rings. The zero-order valence-corrected chi connectivity index (χ0v) is 13.6. The van der Waals surface area contributed by atoms with Crippen molar-refractivity contribution in [3.05, 3.63) is 0 Å². The first-order valence-corrected chi connectivity index (χ1v) is 8.29. The third-order valence-electron chi connectivity index (χ3n) is 5.35. The van der Waals surface area contributed by atoms with Gasteiger partial charge in [0.25, 0.3) is 0 Å². The number of amides is 1. The Morgan fingerprint density at radius 2 is 2.00 bits per heavy atom. The van der Waals surface area contributed by atoms with E-state index in [-0.39, 0.29) is 11.7 Å². The first-order chi connectivity index (χ1) is 9.51. The maximum Gasteiger partial charge on any atom is 0.243 e. The zero-order valence-electron chi connectivity index (χ0n) is 13.6. The summed E-state index contributed by atoms with van der Waals surface area (Å²) in [5.41, 5.74) is -0.349. The molecule has 1 aliphatic carbocycles. The molecule has 116 valence electrons. The van der Waals surface area contributed by atoms with Crippen LogP contribution >= 0.6 is 0 Å². The van der Waals surface area contributed by atoms with Crippen molar-refractivity contribution in [1.29, 1.82) is 0 Å². The third-order valence-corrected chi connectivity index (χ3v) is 5.35. The molecule has 0 spiro atoms. The predicted molar refractivity (Wildman–Crippen MR) is 82.5 cm³/mol. The van der Waals surface area contributed by atoms with E-state index in [1.165, 1.54) is 25.7 Å². The van der Waals surface area contributed by atoms with Crippen molar-refractivity contribution in [1.82, 2.24) is 15.1 Å². The second kappa shape index (κ2) is 6.44. The summed E-state index contributed by atoms with van der Waals surface area (Å²) < 4.78 is 0. The molecule has 4 heteroatoms. The second-order valence-corrected chi connectivity index (χ2v) is 6.71. The summed E-state index contributed by atoms with van der Waals surface area (Å²) in [7, 11) is 2.12. The Morgan fingerprint density at radius 1 is 1.35 bits per heavy atom. The molecule has 1 amide bonds. The van der Waals surface area contributed by atoms with Gasteiger partial charge >= 0.3 is 0 Å². The highest BCUT2D eigenvalue weighted by Gasteiger charge is 2.49. The van der Waals surface area contributed by atoms with Gasteiger partial charge in [-0.15, -0.1) is 0 Å². The molecule has 2 aliphatic rings. The van der Waals surface area contributed by atoms with E-state index in [9.17, 15) is 4.79 Å². The van der Waals surface area contributed by atoms with E-state index in [1.807, 2.05) is 0 Å².